The highest BCUT2D eigenvalue weighted by Gasteiger charge is 2.14. The number of aromatic nitrogens is 2. The van der Waals surface area contributed by atoms with E-state index in [1.807, 2.05) is 19.1 Å². The van der Waals surface area contributed by atoms with E-state index in [2.05, 4.69) is 10.4 Å². The van der Waals surface area contributed by atoms with E-state index in [0.717, 1.165) is 11.4 Å². The predicted molar refractivity (Wildman–Crippen MR) is 88.2 cm³/mol. The molecule has 0 unspecified atom stereocenters. The Kier molecular flexibility index (Phi) is 6.58. The molecule has 6 nitrogen and oxygen atoms in total. The van der Waals surface area contributed by atoms with Crippen molar-refractivity contribution >= 4 is 17.5 Å². The van der Waals surface area contributed by atoms with Crippen LogP contribution in [0.25, 0.3) is 5.69 Å². The molecule has 0 fully saturated rings. The Morgan fingerprint density at radius 3 is 3.00 bits per heavy atom. The standard InChI is InChI=1S/C16H20ClN3O3/c1-12-15(16(22)18-6-3-8-23-9-7-21)11-19-20(12)14-5-2-4-13(17)10-14/h2,4-5,10-11,21H,3,6-9H2,1H3,(H,18,22). The van der Waals surface area contributed by atoms with E-state index in [-0.39, 0.29) is 12.5 Å². The molecule has 23 heavy (non-hydrogen) atoms. The van der Waals surface area contributed by atoms with Gasteiger partial charge in [0.1, 0.15) is 0 Å². The number of halogens is 1. The summed E-state index contributed by atoms with van der Waals surface area (Å²) in [6.45, 7) is 3.18. The van der Waals surface area contributed by atoms with Gasteiger partial charge in [0.15, 0.2) is 0 Å². The van der Waals surface area contributed by atoms with E-state index < -0.39 is 0 Å². The molecule has 1 amide bonds. The van der Waals surface area contributed by atoms with Crippen molar-refractivity contribution in [2.75, 3.05) is 26.4 Å². The van der Waals surface area contributed by atoms with Gasteiger partial charge in [0.2, 0.25) is 0 Å². The molecule has 124 valence electrons. The molecule has 2 aromatic rings. The molecule has 1 aromatic heterocycles. The summed E-state index contributed by atoms with van der Waals surface area (Å²) in [6.07, 6.45) is 2.24. The molecule has 0 radical (unpaired) electrons. The average molecular weight is 338 g/mol. The summed E-state index contributed by atoms with van der Waals surface area (Å²) in [4.78, 5) is 12.2. The van der Waals surface area contributed by atoms with Gasteiger partial charge in [0.25, 0.3) is 5.91 Å². The number of hydrogen-bond donors (Lipinski definition) is 2. The fraction of sp³-hybridized carbons (Fsp3) is 0.375. The van der Waals surface area contributed by atoms with Gasteiger partial charge in [-0.1, -0.05) is 17.7 Å². The second kappa shape index (κ2) is 8.67. The topological polar surface area (TPSA) is 76.4 Å². The molecular weight excluding hydrogens is 318 g/mol. The summed E-state index contributed by atoms with van der Waals surface area (Å²) in [5.74, 6) is -0.169. The molecule has 0 spiro atoms. The monoisotopic (exact) mass is 337 g/mol. The van der Waals surface area contributed by atoms with Gasteiger partial charge in [0, 0.05) is 18.2 Å². The Morgan fingerprint density at radius 2 is 2.26 bits per heavy atom. The Morgan fingerprint density at radius 1 is 1.43 bits per heavy atom. The number of aliphatic hydroxyl groups excluding tert-OH is 1. The fourth-order valence-corrected chi connectivity index (χ4v) is 2.32. The largest absolute Gasteiger partial charge is 0.394 e. The second-order valence-electron chi connectivity index (χ2n) is 4.98. The van der Waals surface area contributed by atoms with Gasteiger partial charge in [-0.15, -0.1) is 0 Å². The minimum absolute atomic E-state index is 0.00818. The minimum atomic E-state index is -0.169. The van der Waals surface area contributed by atoms with Crippen LogP contribution in [-0.2, 0) is 4.74 Å². The van der Waals surface area contributed by atoms with Crippen molar-refractivity contribution in [3.63, 3.8) is 0 Å². The summed E-state index contributed by atoms with van der Waals surface area (Å²) < 4.78 is 6.82. The quantitative estimate of drug-likeness (QED) is 0.722. The lowest BCUT2D eigenvalue weighted by molar-refractivity contribution is 0.0867. The molecule has 2 rings (SSSR count). The third-order valence-corrected chi connectivity index (χ3v) is 3.53. The molecule has 2 N–H and O–H groups in total. The Labute approximate surface area is 140 Å². The number of ether oxygens (including phenoxy) is 1. The Hall–Kier alpha value is -1.89. The molecule has 0 aliphatic heterocycles. The average Bonchev–Trinajstić information content (AvgIpc) is 2.92. The van der Waals surface area contributed by atoms with Gasteiger partial charge in [-0.05, 0) is 31.5 Å². The number of nitrogens with one attached hydrogen (secondary N) is 1. The summed E-state index contributed by atoms with van der Waals surface area (Å²) in [5.41, 5.74) is 2.09. The number of nitrogens with zero attached hydrogens (tertiary/aromatic N) is 2. The smallest absolute Gasteiger partial charge is 0.254 e. The number of hydrogen-bond acceptors (Lipinski definition) is 4. The van der Waals surface area contributed by atoms with Crippen LogP contribution in [0.4, 0.5) is 0 Å². The van der Waals surface area contributed by atoms with Crippen molar-refractivity contribution in [3.8, 4) is 5.69 Å². The number of benzene rings is 1. The summed E-state index contributed by atoms with van der Waals surface area (Å²) in [5, 5.41) is 16.3. The lowest BCUT2D eigenvalue weighted by Gasteiger charge is -2.07. The van der Waals surface area contributed by atoms with Gasteiger partial charge in [-0.2, -0.15) is 5.10 Å². The number of aliphatic hydroxyl groups is 1. The molecule has 0 bridgehead atoms. The number of carbonyl (C=O) groups excluding carboxylic acids is 1. The fourth-order valence-electron chi connectivity index (χ4n) is 2.14. The van der Waals surface area contributed by atoms with Crippen LogP contribution in [-0.4, -0.2) is 47.2 Å². The van der Waals surface area contributed by atoms with E-state index >= 15 is 0 Å². The van der Waals surface area contributed by atoms with Crippen molar-refractivity contribution in [2.24, 2.45) is 0 Å². The van der Waals surface area contributed by atoms with Crippen LogP contribution in [0.5, 0.6) is 0 Å². The summed E-state index contributed by atoms with van der Waals surface area (Å²) >= 11 is 5.99. The van der Waals surface area contributed by atoms with E-state index in [1.165, 1.54) is 0 Å². The van der Waals surface area contributed by atoms with Crippen LogP contribution in [0.2, 0.25) is 5.02 Å². The van der Waals surface area contributed by atoms with Crippen LogP contribution < -0.4 is 5.32 Å². The Bertz CT molecular complexity index is 658. The third-order valence-electron chi connectivity index (χ3n) is 3.29. The Balaban J connectivity index is 1.95. The maximum atomic E-state index is 12.2. The molecule has 0 aliphatic rings. The molecule has 0 saturated heterocycles. The maximum Gasteiger partial charge on any atom is 0.254 e. The zero-order valence-corrected chi connectivity index (χ0v) is 13.7. The molecule has 0 aliphatic carbocycles. The second-order valence-corrected chi connectivity index (χ2v) is 5.42. The highest BCUT2D eigenvalue weighted by Crippen LogP contribution is 2.17. The van der Waals surface area contributed by atoms with E-state index in [4.69, 9.17) is 21.4 Å². The van der Waals surface area contributed by atoms with Crippen molar-refractivity contribution in [2.45, 2.75) is 13.3 Å². The summed E-state index contributed by atoms with van der Waals surface area (Å²) in [7, 11) is 0. The van der Waals surface area contributed by atoms with Gasteiger partial charge in [0.05, 0.1) is 36.4 Å². The van der Waals surface area contributed by atoms with Gasteiger partial charge in [-0.25, -0.2) is 4.68 Å². The van der Waals surface area contributed by atoms with Crippen molar-refractivity contribution in [1.82, 2.24) is 15.1 Å². The van der Waals surface area contributed by atoms with Crippen LogP contribution in [0.3, 0.4) is 0 Å². The first kappa shape index (κ1) is 17.5. The van der Waals surface area contributed by atoms with Crippen LogP contribution in [0.15, 0.2) is 30.5 Å². The third kappa shape index (κ3) is 4.79. The van der Waals surface area contributed by atoms with E-state index in [9.17, 15) is 4.79 Å². The first-order valence-electron chi connectivity index (χ1n) is 7.41. The van der Waals surface area contributed by atoms with Gasteiger partial charge in [-0.3, -0.25) is 4.79 Å². The molecule has 1 heterocycles. The van der Waals surface area contributed by atoms with Gasteiger partial charge < -0.3 is 15.2 Å². The lowest BCUT2D eigenvalue weighted by atomic mass is 10.2. The van der Waals surface area contributed by atoms with Crippen LogP contribution >= 0.6 is 11.6 Å². The normalized spacial score (nSPS) is 10.7. The lowest BCUT2D eigenvalue weighted by Crippen LogP contribution is -2.25. The SMILES string of the molecule is Cc1c(C(=O)NCCCOCCO)cnn1-c1cccc(Cl)c1. The highest BCUT2D eigenvalue weighted by atomic mass is 35.5. The molecule has 1 aromatic carbocycles. The van der Waals surface area contributed by atoms with Crippen LogP contribution in [0.1, 0.15) is 22.5 Å². The summed E-state index contributed by atoms with van der Waals surface area (Å²) in [6, 6.07) is 7.30. The predicted octanol–water partition coefficient (Wildman–Crippen LogP) is 1.96. The number of rotatable bonds is 8. The number of amides is 1. The molecular formula is C16H20ClN3O3. The van der Waals surface area contributed by atoms with E-state index in [1.54, 1.807) is 23.0 Å². The van der Waals surface area contributed by atoms with E-state index in [0.29, 0.717) is 36.8 Å². The zero-order chi connectivity index (χ0) is 16.7. The van der Waals surface area contributed by atoms with Crippen molar-refractivity contribution in [3.05, 3.63) is 46.7 Å². The molecule has 0 saturated carbocycles. The minimum Gasteiger partial charge on any atom is -0.394 e. The van der Waals surface area contributed by atoms with Crippen molar-refractivity contribution in [1.29, 1.82) is 0 Å². The highest BCUT2D eigenvalue weighted by molar-refractivity contribution is 6.30. The first-order chi connectivity index (χ1) is 11.1. The van der Waals surface area contributed by atoms with Gasteiger partial charge >= 0.3 is 0 Å². The molecule has 0 atom stereocenters. The maximum absolute atomic E-state index is 12.2. The zero-order valence-electron chi connectivity index (χ0n) is 13.0. The van der Waals surface area contributed by atoms with Crippen LogP contribution in [0, 0.1) is 6.92 Å². The number of carbonyl (C=O) groups is 1. The molecule has 7 heteroatoms. The van der Waals surface area contributed by atoms with Crippen molar-refractivity contribution < 1.29 is 14.6 Å². The first-order valence-corrected chi connectivity index (χ1v) is 7.78.